The molecule has 9 heteroatoms. The minimum atomic E-state index is -0.717. The fraction of sp³-hybridized carbons (Fsp3) is 0.0625. The van der Waals surface area contributed by atoms with Gasteiger partial charge < -0.3 is 9.26 Å². The molecule has 0 fully saturated rings. The predicted molar refractivity (Wildman–Crippen MR) is 89.6 cm³/mol. The minimum Gasteiger partial charge on any atom is -0.452 e. The third-order valence-electron chi connectivity index (χ3n) is 3.17. The molecule has 3 aromatic rings. The summed E-state index contributed by atoms with van der Waals surface area (Å²) >= 11 is 3.35. The number of nitro groups is 1. The van der Waals surface area contributed by atoms with Crippen LogP contribution in [0.25, 0.3) is 11.4 Å². The van der Waals surface area contributed by atoms with Gasteiger partial charge in [0.05, 0.1) is 10.5 Å². The summed E-state index contributed by atoms with van der Waals surface area (Å²) in [5.74, 6) is -0.234. The van der Waals surface area contributed by atoms with Crippen LogP contribution in [0.15, 0.2) is 57.5 Å². The van der Waals surface area contributed by atoms with Crippen LogP contribution in [0, 0.1) is 10.1 Å². The largest absolute Gasteiger partial charge is 0.452 e. The van der Waals surface area contributed by atoms with E-state index in [1.165, 1.54) is 18.2 Å². The summed E-state index contributed by atoms with van der Waals surface area (Å²) in [6, 6.07) is 12.6. The van der Waals surface area contributed by atoms with Crippen LogP contribution in [0.5, 0.6) is 0 Å². The average molecular weight is 404 g/mol. The number of halogens is 1. The fourth-order valence-corrected chi connectivity index (χ4v) is 2.41. The van der Waals surface area contributed by atoms with Gasteiger partial charge in [0.1, 0.15) is 0 Å². The quantitative estimate of drug-likeness (QED) is 0.362. The molecule has 0 unspecified atom stereocenters. The number of nitrogens with zero attached hydrogens (tertiary/aromatic N) is 3. The number of benzene rings is 2. The number of ether oxygens (including phenoxy) is 1. The molecule has 0 aliphatic rings. The Morgan fingerprint density at radius 1 is 1.24 bits per heavy atom. The van der Waals surface area contributed by atoms with E-state index in [1.54, 1.807) is 0 Å². The summed E-state index contributed by atoms with van der Waals surface area (Å²) in [4.78, 5) is 26.3. The van der Waals surface area contributed by atoms with Crippen LogP contribution >= 0.6 is 15.9 Å². The topological polar surface area (TPSA) is 108 Å². The van der Waals surface area contributed by atoms with Gasteiger partial charge in [-0.1, -0.05) is 39.3 Å². The molecule has 0 radical (unpaired) electrons. The zero-order valence-electron chi connectivity index (χ0n) is 12.6. The Balaban J connectivity index is 1.67. The molecule has 25 heavy (non-hydrogen) atoms. The number of hydrogen-bond donors (Lipinski definition) is 0. The zero-order valence-corrected chi connectivity index (χ0v) is 14.2. The number of hydrogen-bond acceptors (Lipinski definition) is 7. The van der Waals surface area contributed by atoms with Crippen molar-refractivity contribution in [1.29, 1.82) is 0 Å². The molecule has 0 aliphatic heterocycles. The SMILES string of the molecule is O=C(OCc1nc(-c2cccc(Br)c2)no1)c1cccc([N+](=O)[O-])c1. The Labute approximate surface area is 149 Å². The Hall–Kier alpha value is -3.07. The van der Waals surface area contributed by atoms with Crippen LogP contribution in [0.1, 0.15) is 16.2 Å². The molecule has 0 N–H and O–H groups in total. The van der Waals surface area contributed by atoms with Crippen molar-refractivity contribution < 1.29 is 19.0 Å². The lowest BCUT2D eigenvalue weighted by Crippen LogP contribution is -2.06. The van der Waals surface area contributed by atoms with E-state index < -0.39 is 10.9 Å². The van der Waals surface area contributed by atoms with Gasteiger partial charge in [-0.15, -0.1) is 0 Å². The van der Waals surface area contributed by atoms with E-state index in [-0.39, 0.29) is 23.7 Å². The molecular weight excluding hydrogens is 394 g/mol. The molecule has 0 saturated carbocycles. The first-order valence-electron chi connectivity index (χ1n) is 7.03. The van der Waals surface area contributed by atoms with E-state index in [1.807, 2.05) is 24.3 Å². The van der Waals surface area contributed by atoms with Crippen molar-refractivity contribution in [1.82, 2.24) is 10.1 Å². The molecule has 126 valence electrons. The fourth-order valence-electron chi connectivity index (χ4n) is 2.02. The lowest BCUT2D eigenvalue weighted by atomic mass is 10.2. The standard InChI is InChI=1S/C16H10BrN3O5/c17-12-5-1-3-10(7-12)15-18-14(25-19-15)9-24-16(21)11-4-2-6-13(8-11)20(22)23/h1-8H,9H2. The molecule has 0 aliphatic carbocycles. The molecular formula is C16H10BrN3O5. The van der Waals surface area contributed by atoms with Gasteiger partial charge in [-0.25, -0.2) is 4.79 Å². The molecule has 8 nitrogen and oxygen atoms in total. The second-order valence-electron chi connectivity index (χ2n) is 4.91. The summed E-state index contributed by atoms with van der Waals surface area (Å²) in [5, 5.41) is 14.6. The minimum absolute atomic E-state index is 0.0703. The average Bonchev–Trinajstić information content (AvgIpc) is 3.09. The Morgan fingerprint density at radius 2 is 2.04 bits per heavy atom. The van der Waals surface area contributed by atoms with Crippen LogP contribution in [0.2, 0.25) is 0 Å². The third-order valence-corrected chi connectivity index (χ3v) is 3.66. The number of carbonyl (C=O) groups is 1. The first-order chi connectivity index (χ1) is 12.0. The van der Waals surface area contributed by atoms with Crippen LogP contribution < -0.4 is 0 Å². The third kappa shape index (κ3) is 4.07. The van der Waals surface area contributed by atoms with Crippen molar-refractivity contribution in [2.75, 3.05) is 0 Å². The van der Waals surface area contributed by atoms with E-state index in [0.717, 1.165) is 16.1 Å². The van der Waals surface area contributed by atoms with Crippen molar-refractivity contribution in [3.8, 4) is 11.4 Å². The van der Waals surface area contributed by atoms with E-state index in [9.17, 15) is 14.9 Å². The number of rotatable bonds is 5. The first kappa shape index (κ1) is 16.8. The Bertz CT molecular complexity index is 941. The molecule has 0 atom stereocenters. The molecule has 0 saturated heterocycles. The smallest absolute Gasteiger partial charge is 0.338 e. The maximum absolute atomic E-state index is 12.0. The van der Waals surface area contributed by atoms with Crippen LogP contribution in [-0.2, 0) is 11.3 Å². The molecule has 0 bridgehead atoms. The highest BCUT2D eigenvalue weighted by Gasteiger charge is 2.15. The van der Waals surface area contributed by atoms with Crippen LogP contribution in [0.3, 0.4) is 0 Å². The number of carbonyl (C=O) groups excluding carboxylic acids is 1. The van der Waals surface area contributed by atoms with Gasteiger partial charge in [0.15, 0.2) is 6.61 Å². The van der Waals surface area contributed by atoms with E-state index >= 15 is 0 Å². The van der Waals surface area contributed by atoms with Crippen LogP contribution in [-0.4, -0.2) is 21.0 Å². The van der Waals surface area contributed by atoms with Crippen molar-refractivity contribution >= 4 is 27.6 Å². The van der Waals surface area contributed by atoms with E-state index in [4.69, 9.17) is 9.26 Å². The Morgan fingerprint density at radius 3 is 2.80 bits per heavy atom. The van der Waals surface area contributed by atoms with Gasteiger partial charge in [-0.2, -0.15) is 4.98 Å². The summed E-state index contributed by atoms with van der Waals surface area (Å²) in [5.41, 5.74) is 0.625. The van der Waals surface area contributed by atoms with Crippen molar-refractivity contribution in [2.45, 2.75) is 6.61 Å². The number of esters is 1. The maximum atomic E-state index is 12.0. The van der Waals surface area contributed by atoms with Gasteiger partial charge in [0.2, 0.25) is 5.82 Å². The van der Waals surface area contributed by atoms with E-state index in [2.05, 4.69) is 26.1 Å². The highest BCUT2D eigenvalue weighted by atomic mass is 79.9. The number of nitro benzene ring substituents is 1. The molecule has 0 spiro atoms. The predicted octanol–water partition coefficient (Wildman–Crippen LogP) is 3.76. The van der Waals surface area contributed by atoms with Crippen molar-refractivity contribution in [2.24, 2.45) is 0 Å². The molecule has 0 amide bonds. The van der Waals surface area contributed by atoms with Gasteiger partial charge in [-0.3, -0.25) is 10.1 Å². The van der Waals surface area contributed by atoms with Gasteiger partial charge in [0, 0.05) is 22.2 Å². The first-order valence-corrected chi connectivity index (χ1v) is 7.82. The monoisotopic (exact) mass is 403 g/mol. The molecule has 1 heterocycles. The van der Waals surface area contributed by atoms with Crippen molar-refractivity contribution in [3.63, 3.8) is 0 Å². The van der Waals surface area contributed by atoms with Crippen molar-refractivity contribution in [3.05, 3.63) is 74.6 Å². The molecule has 3 rings (SSSR count). The lowest BCUT2D eigenvalue weighted by Gasteiger charge is -2.01. The summed E-state index contributed by atoms with van der Waals surface area (Å²) < 4.78 is 11.0. The van der Waals surface area contributed by atoms with E-state index in [0.29, 0.717) is 5.82 Å². The van der Waals surface area contributed by atoms with Gasteiger partial charge in [0.25, 0.3) is 11.6 Å². The molecule has 2 aromatic carbocycles. The summed E-state index contributed by atoms with van der Waals surface area (Å²) in [6.45, 7) is -0.234. The van der Waals surface area contributed by atoms with Gasteiger partial charge in [-0.05, 0) is 18.2 Å². The summed E-state index contributed by atoms with van der Waals surface area (Å²) in [6.07, 6.45) is 0. The summed E-state index contributed by atoms with van der Waals surface area (Å²) in [7, 11) is 0. The lowest BCUT2D eigenvalue weighted by molar-refractivity contribution is -0.384. The Kier molecular flexibility index (Phi) is 4.85. The second kappa shape index (κ2) is 7.22. The highest BCUT2D eigenvalue weighted by Crippen LogP contribution is 2.20. The second-order valence-corrected chi connectivity index (χ2v) is 5.82. The number of aromatic nitrogens is 2. The number of non-ortho nitro benzene ring substituents is 1. The molecule has 1 aromatic heterocycles. The highest BCUT2D eigenvalue weighted by molar-refractivity contribution is 9.10. The van der Waals surface area contributed by atoms with Crippen LogP contribution in [0.4, 0.5) is 5.69 Å². The normalized spacial score (nSPS) is 10.4. The zero-order chi connectivity index (χ0) is 17.8. The van der Waals surface area contributed by atoms with Gasteiger partial charge >= 0.3 is 5.97 Å². The maximum Gasteiger partial charge on any atom is 0.338 e.